The van der Waals surface area contributed by atoms with Gasteiger partial charge in [0.05, 0.1) is 0 Å². The van der Waals surface area contributed by atoms with E-state index in [4.69, 9.17) is 17.3 Å². The zero-order valence-electron chi connectivity index (χ0n) is 10.3. The van der Waals surface area contributed by atoms with Crippen LogP contribution >= 0.6 is 11.6 Å². The number of ketones is 1. The number of hydrogen-bond donors (Lipinski definition) is 1. The van der Waals surface area contributed by atoms with E-state index in [0.717, 1.165) is 11.1 Å². The maximum atomic E-state index is 11.8. The Labute approximate surface area is 117 Å². The molecule has 0 aliphatic heterocycles. The minimum atomic E-state index is 0.0548. The van der Waals surface area contributed by atoms with E-state index in [-0.39, 0.29) is 5.78 Å². The lowest BCUT2D eigenvalue weighted by atomic mass is 10.1. The number of halogens is 1. The Morgan fingerprint density at radius 1 is 1.05 bits per heavy atom. The Kier molecular flexibility index (Phi) is 4.37. The van der Waals surface area contributed by atoms with Gasteiger partial charge in [-0.2, -0.15) is 0 Å². The molecule has 0 saturated heterocycles. The molecule has 2 rings (SSSR count). The van der Waals surface area contributed by atoms with E-state index in [1.165, 1.54) is 0 Å². The molecule has 0 radical (unpaired) electrons. The number of carbonyl (C=O) groups is 1. The number of anilines is 1. The van der Waals surface area contributed by atoms with Gasteiger partial charge < -0.3 is 5.73 Å². The molecule has 0 aliphatic rings. The average molecular weight is 272 g/mol. The molecule has 0 spiro atoms. The number of benzene rings is 2. The summed E-state index contributed by atoms with van der Waals surface area (Å²) in [5, 5.41) is 0.675. The molecule has 0 saturated carbocycles. The summed E-state index contributed by atoms with van der Waals surface area (Å²) in [5.74, 6) is 0.0548. The summed E-state index contributed by atoms with van der Waals surface area (Å²) in [6, 6.07) is 14.7. The summed E-state index contributed by atoms with van der Waals surface area (Å²) in [6.07, 6.45) is 3.75. The zero-order valence-corrected chi connectivity index (χ0v) is 11.1. The van der Waals surface area contributed by atoms with Crippen LogP contribution in [0.1, 0.15) is 11.1 Å². The highest BCUT2D eigenvalue weighted by Crippen LogP contribution is 2.11. The quantitative estimate of drug-likeness (QED) is 0.680. The SMILES string of the molecule is Nc1ccc(/C=C/C(=O)Cc2ccc(Cl)cc2)cc1. The molecule has 0 atom stereocenters. The molecule has 2 nitrogen and oxygen atoms in total. The van der Waals surface area contributed by atoms with Crippen molar-refractivity contribution >= 4 is 29.1 Å². The topological polar surface area (TPSA) is 43.1 Å². The normalized spacial score (nSPS) is 10.8. The van der Waals surface area contributed by atoms with Gasteiger partial charge in [-0.3, -0.25) is 4.79 Å². The van der Waals surface area contributed by atoms with Crippen molar-refractivity contribution in [2.45, 2.75) is 6.42 Å². The van der Waals surface area contributed by atoms with Crippen LogP contribution in [-0.4, -0.2) is 5.78 Å². The predicted molar refractivity (Wildman–Crippen MR) is 80.1 cm³/mol. The summed E-state index contributed by atoms with van der Waals surface area (Å²) >= 11 is 5.79. The van der Waals surface area contributed by atoms with E-state index in [1.54, 1.807) is 24.3 Å². The van der Waals surface area contributed by atoms with Gasteiger partial charge in [0.15, 0.2) is 5.78 Å². The summed E-state index contributed by atoms with van der Waals surface area (Å²) < 4.78 is 0. The maximum absolute atomic E-state index is 11.8. The largest absolute Gasteiger partial charge is 0.399 e. The van der Waals surface area contributed by atoms with E-state index in [9.17, 15) is 4.79 Å². The fraction of sp³-hybridized carbons (Fsp3) is 0.0625. The fourth-order valence-electron chi connectivity index (χ4n) is 1.66. The fourth-order valence-corrected chi connectivity index (χ4v) is 1.78. The van der Waals surface area contributed by atoms with Crippen LogP contribution in [0.4, 0.5) is 5.69 Å². The summed E-state index contributed by atoms with van der Waals surface area (Å²) in [4.78, 5) is 11.8. The van der Waals surface area contributed by atoms with E-state index in [2.05, 4.69) is 0 Å². The molecule has 0 fully saturated rings. The van der Waals surface area contributed by atoms with E-state index in [0.29, 0.717) is 17.1 Å². The van der Waals surface area contributed by atoms with Crippen LogP contribution in [0, 0.1) is 0 Å². The second kappa shape index (κ2) is 6.21. The monoisotopic (exact) mass is 271 g/mol. The Morgan fingerprint density at radius 3 is 2.32 bits per heavy atom. The van der Waals surface area contributed by atoms with Gasteiger partial charge in [0.1, 0.15) is 0 Å². The molecule has 96 valence electrons. The first kappa shape index (κ1) is 13.4. The molecule has 0 heterocycles. The van der Waals surface area contributed by atoms with Crippen molar-refractivity contribution in [2.24, 2.45) is 0 Å². The minimum Gasteiger partial charge on any atom is -0.399 e. The van der Waals surface area contributed by atoms with Gasteiger partial charge in [0.25, 0.3) is 0 Å². The summed E-state index contributed by atoms with van der Waals surface area (Å²) in [7, 11) is 0. The number of rotatable bonds is 4. The maximum Gasteiger partial charge on any atom is 0.160 e. The van der Waals surface area contributed by atoms with Gasteiger partial charge in [-0.15, -0.1) is 0 Å². The Morgan fingerprint density at radius 2 is 1.68 bits per heavy atom. The van der Waals surface area contributed by atoms with Crippen molar-refractivity contribution in [3.8, 4) is 0 Å². The lowest BCUT2D eigenvalue weighted by Crippen LogP contribution is -1.97. The standard InChI is InChI=1S/C16H14ClNO/c17-14-6-1-13(2-7-14)11-16(19)10-5-12-3-8-15(18)9-4-12/h1-10H,11,18H2/b10-5+. The molecule has 2 aromatic rings. The molecule has 0 aliphatic carbocycles. The van der Waals surface area contributed by atoms with E-state index in [1.807, 2.05) is 36.4 Å². The van der Waals surface area contributed by atoms with Crippen LogP contribution in [-0.2, 0) is 11.2 Å². The van der Waals surface area contributed by atoms with Crippen LogP contribution in [0.15, 0.2) is 54.6 Å². The second-order valence-electron chi connectivity index (χ2n) is 4.27. The van der Waals surface area contributed by atoms with Crippen molar-refractivity contribution in [3.05, 3.63) is 70.8 Å². The van der Waals surface area contributed by atoms with Crippen LogP contribution in [0.3, 0.4) is 0 Å². The molecular weight excluding hydrogens is 258 g/mol. The van der Waals surface area contributed by atoms with Crippen molar-refractivity contribution in [1.29, 1.82) is 0 Å². The van der Waals surface area contributed by atoms with Crippen molar-refractivity contribution in [2.75, 3.05) is 5.73 Å². The second-order valence-corrected chi connectivity index (χ2v) is 4.71. The molecule has 0 unspecified atom stereocenters. The van der Waals surface area contributed by atoms with Crippen molar-refractivity contribution in [1.82, 2.24) is 0 Å². The smallest absolute Gasteiger partial charge is 0.160 e. The van der Waals surface area contributed by atoms with Gasteiger partial charge in [0, 0.05) is 17.1 Å². The zero-order chi connectivity index (χ0) is 13.7. The molecular formula is C16H14ClNO. The molecule has 0 aromatic heterocycles. The highest BCUT2D eigenvalue weighted by Gasteiger charge is 1.99. The Hall–Kier alpha value is -2.06. The molecule has 2 aromatic carbocycles. The van der Waals surface area contributed by atoms with Crippen molar-refractivity contribution < 1.29 is 4.79 Å². The van der Waals surface area contributed by atoms with E-state index < -0.39 is 0 Å². The van der Waals surface area contributed by atoms with Crippen LogP contribution < -0.4 is 5.73 Å². The first-order chi connectivity index (χ1) is 9.13. The summed E-state index contributed by atoms with van der Waals surface area (Å²) in [5.41, 5.74) is 8.22. The number of carbonyl (C=O) groups excluding carboxylic acids is 1. The highest BCUT2D eigenvalue weighted by molar-refractivity contribution is 6.30. The number of nitrogens with two attached hydrogens (primary N) is 1. The Bertz CT molecular complexity index is 585. The number of nitrogen functional groups attached to an aromatic ring is 1. The van der Waals surface area contributed by atoms with Crippen LogP contribution in [0.25, 0.3) is 6.08 Å². The predicted octanol–water partition coefficient (Wildman–Crippen LogP) is 3.75. The third kappa shape index (κ3) is 4.27. The third-order valence-corrected chi connectivity index (χ3v) is 2.94. The third-order valence-electron chi connectivity index (χ3n) is 2.69. The lowest BCUT2D eigenvalue weighted by molar-refractivity contribution is -0.113. The van der Waals surface area contributed by atoms with Gasteiger partial charge in [-0.1, -0.05) is 41.9 Å². The summed E-state index contributed by atoms with van der Waals surface area (Å²) in [6.45, 7) is 0. The molecule has 0 amide bonds. The number of hydrogen-bond acceptors (Lipinski definition) is 2. The average Bonchev–Trinajstić information content (AvgIpc) is 2.41. The van der Waals surface area contributed by atoms with Crippen LogP contribution in [0.5, 0.6) is 0 Å². The molecule has 0 bridgehead atoms. The first-order valence-corrected chi connectivity index (χ1v) is 6.32. The van der Waals surface area contributed by atoms with Crippen molar-refractivity contribution in [3.63, 3.8) is 0 Å². The van der Waals surface area contributed by atoms with E-state index >= 15 is 0 Å². The highest BCUT2D eigenvalue weighted by atomic mass is 35.5. The van der Waals surface area contributed by atoms with Crippen LogP contribution in [0.2, 0.25) is 5.02 Å². The minimum absolute atomic E-state index is 0.0548. The first-order valence-electron chi connectivity index (χ1n) is 5.94. The molecule has 3 heteroatoms. The Balaban J connectivity index is 1.97. The molecule has 2 N–H and O–H groups in total. The van der Waals surface area contributed by atoms with Gasteiger partial charge in [-0.05, 0) is 41.5 Å². The van der Waals surface area contributed by atoms with Gasteiger partial charge >= 0.3 is 0 Å². The van der Waals surface area contributed by atoms with Gasteiger partial charge in [-0.25, -0.2) is 0 Å². The molecule has 19 heavy (non-hydrogen) atoms. The lowest BCUT2D eigenvalue weighted by Gasteiger charge is -1.98. The number of allylic oxidation sites excluding steroid dienone is 1. The van der Waals surface area contributed by atoms with Gasteiger partial charge in [0.2, 0.25) is 0 Å².